The maximum absolute atomic E-state index is 13.4. The molecule has 3 rings (SSSR count). The van der Waals surface area contributed by atoms with Crippen molar-refractivity contribution >= 4 is 11.9 Å². The number of rotatable bonds is 4. The van der Waals surface area contributed by atoms with Gasteiger partial charge in [-0.05, 0) is 56.8 Å². The second-order valence-electron chi connectivity index (χ2n) is 7.66. The van der Waals surface area contributed by atoms with Crippen molar-refractivity contribution < 1.29 is 19.1 Å². The van der Waals surface area contributed by atoms with Crippen LogP contribution >= 0.6 is 0 Å². The maximum Gasteiger partial charge on any atom is 0.308 e. The minimum absolute atomic E-state index is 0.0763. The third-order valence-electron chi connectivity index (χ3n) is 5.66. The number of amides is 1. The summed E-state index contributed by atoms with van der Waals surface area (Å²) in [5, 5.41) is 9.29. The predicted octanol–water partition coefficient (Wildman–Crippen LogP) is 2.75. The molecule has 1 aromatic rings. The van der Waals surface area contributed by atoms with Crippen molar-refractivity contribution in [1.29, 1.82) is 0 Å². The quantitative estimate of drug-likeness (QED) is 0.895. The Kier molecular flexibility index (Phi) is 5.91. The lowest BCUT2D eigenvalue weighted by Gasteiger charge is -2.41. The second-order valence-corrected chi connectivity index (χ2v) is 7.66. The van der Waals surface area contributed by atoms with E-state index in [2.05, 4.69) is 4.90 Å². The van der Waals surface area contributed by atoms with Crippen molar-refractivity contribution in [3.05, 3.63) is 35.6 Å². The Morgan fingerprint density at radius 2 is 2.00 bits per heavy atom. The number of likely N-dealkylation sites (tertiary alicyclic amines) is 2. The van der Waals surface area contributed by atoms with Crippen molar-refractivity contribution in [2.45, 2.75) is 45.2 Å². The number of hydrogen-bond donors (Lipinski definition) is 1. The van der Waals surface area contributed by atoms with Crippen molar-refractivity contribution in [3.8, 4) is 0 Å². The molecule has 3 unspecified atom stereocenters. The number of piperidine rings is 2. The lowest BCUT2D eigenvalue weighted by Crippen LogP contribution is -2.52. The molecule has 2 aliphatic rings. The average Bonchev–Trinajstić information content (AvgIpc) is 2.61. The molecule has 2 heterocycles. The van der Waals surface area contributed by atoms with Crippen molar-refractivity contribution in [2.24, 2.45) is 11.8 Å². The standard InChI is InChI=1S/C20H27FN2O3/c1-14-7-8-17(20(25)26)13-23(14)19(24)16-5-3-9-22(12-16)11-15-4-2-6-18(21)10-15/h2,4,6,10,14,16-17H,3,5,7-9,11-13H2,1H3,(H,25,26). The lowest BCUT2D eigenvalue weighted by molar-refractivity contribution is -0.149. The molecule has 3 atom stereocenters. The van der Waals surface area contributed by atoms with E-state index in [9.17, 15) is 19.1 Å². The van der Waals surface area contributed by atoms with Gasteiger partial charge in [-0.2, -0.15) is 0 Å². The Hall–Kier alpha value is -1.95. The molecule has 142 valence electrons. The molecule has 6 heteroatoms. The van der Waals surface area contributed by atoms with E-state index in [0.29, 0.717) is 26.1 Å². The molecular weight excluding hydrogens is 335 g/mol. The van der Waals surface area contributed by atoms with E-state index < -0.39 is 11.9 Å². The fraction of sp³-hybridized carbons (Fsp3) is 0.600. The first-order valence-corrected chi connectivity index (χ1v) is 9.44. The van der Waals surface area contributed by atoms with Crippen LogP contribution in [0.2, 0.25) is 0 Å². The van der Waals surface area contributed by atoms with Crippen molar-refractivity contribution in [1.82, 2.24) is 9.80 Å². The zero-order valence-electron chi connectivity index (χ0n) is 15.2. The van der Waals surface area contributed by atoms with E-state index in [4.69, 9.17) is 0 Å². The first kappa shape index (κ1) is 18.8. The summed E-state index contributed by atoms with van der Waals surface area (Å²) >= 11 is 0. The highest BCUT2D eigenvalue weighted by Gasteiger charge is 2.36. The van der Waals surface area contributed by atoms with Gasteiger partial charge in [-0.3, -0.25) is 14.5 Å². The van der Waals surface area contributed by atoms with Crippen LogP contribution < -0.4 is 0 Å². The molecule has 0 bridgehead atoms. The fourth-order valence-electron chi connectivity index (χ4n) is 4.14. The van der Waals surface area contributed by atoms with Gasteiger partial charge in [-0.15, -0.1) is 0 Å². The zero-order chi connectivity index (χ0) is 18.7. The highest BCUT2D eigenvalue weighted by Crippen LogP contribution is 2.27. The van der Waals surface area contributed by atoms with E-state index in [-0.39, 0.29) is 23.7 Å². The number of aliphatic carboxylic acids is 1. The normalized spacial score (nSPS) is 27.3. The number of carboxylic acids is 1. The molecule has 1 N–H and O–H groups in total. The number of carbonyl (C=O) groups is 2. The van der Waals surface area contributed by atoms with Gasteiger partial charge in [0.05, 0.1) is 11.8 Å². The summed E-state index contributed by atoms with van der Waals surface area (Å²) in [5.74, 6) is -1.54. The monoisotopic (exact) mass is 362 g/mol. The molecular formula is C20H27FN2O3. The first-order valence-electron chi connectivity index (χ1n) is 9.44. The highest BCUT2D eigenvalue weighted by molar-refractivity contribution is 5.80. The molecule has 2 saturated heterocycles. The Balaban J connectivity index is 1.62. The number of benzene rings is 1. The van der Waals surface area contributed by atoms with Crippen LogP contribution in [-0.2, 0) is 16.1 Å². The third kappa shape index (κ3) is 4.41. The Morgan fingerprint density at radius 3 is 2.73 bits per heavy atom. The highest BCUT2D eigenvalue weighted by atomic mass is 19.1. The Bertz CT molecular complexity index is 666. The molecule has 2 aliphatic heterocycles. The van der Waals surface area contributed by atoms with Crippen molar-refractivity contribution in [2.75, 3.05) is 19.6 Å². The van der Waals surface area contributed by atoms with Gasteiger partial charge in [0.1, 0.15) is 5.82 Å². The van der Waals surface area contributed by atoms with E-state index in [1.165, 1.54) is 12.1 Å². The number of carboxylic acid groups (broad SMARTS) is 1. The SMILES string of the molecule is CC1CCC(C(=O)O)CN1C(=O)C1CCCN(Cc2cccc(F)c2)C1. The smallest absolute Gasteiger partial charge is 0.308 e. The topological polar surface area (TPSA) is 60.9 Å². The van der Waals surface area contributed by atoms with Crippen LogP contribution in [0, 0.1) is 17.7 Å². The Labute approximate surface area is 153 Å². The van der Waals surface area contributed by atoms with Gasteiger partial charge >= 0.3 is 5.97 Å². The number of carbonyl (C=O) groups excluding carboxylic acids is 1. The summed E-state index contributed by atoms with van der Waals surface area (Å²) in [5.41, 5.74) is 0.912. The second kappa shape index (κ2) is 8.16. The molecule has 2 fully saturated rings. The summed E-state index contributed by atoms with van der Waals surface area (Å²) < 4.78 is 13.4. The van der Waals surface area contributed by atoms with E-state index in [1.54, 1.807) is 11.0 Å². The largest absolute Gasteiger partial charge is 0.481 e. The average molecular weight is 362 g/mol. The van der Waals surface area contributed by atoms with Gasteiger partial charge in [0.15, 0.2) is 0 Å². The molecule has 0 aliphatic carbocycles. The number of halogens is 1. The van der Waals surface area contributed by atoms with Gasteiger partial charge in [0, 0.05) is 25.7 Å². The van der Waals surface area contributed by atoms with E-state index >= 15 is 0 Å². The van der Waals surface area contributed by atoms with Gasteiger partial charge < -0.3 is 10.0 Å². The molecule has 5 nitrogen and oxygen atoms in total. The van der Waals surface area contributed by atoms with Gasteiger partial charge in [-0.25, -0.2) is 4.39 Å². The van der Waals surface area contributed by atoms with Crippen LogP contribution in [0.1, 0.15) is 38.2 Å². The first-order chi connectivity index (χ1) is 12.4. The minimum Gasteiger partial charge on any atom is -0.481 e. The maximum atomic E-state index is 13.4. The molecule has 1 amide bonds. The van der Waals surface area contributed by atoms with Crippen LogP contribution in [-0.4, -0.2) is 52.5 Å². The van der Waals surface area contributed by atoms with E-state index in [1.807, 2.05) is 13.0 Å². The molecule has 0 saturated carbocycles. The summed E-state index contributed by atoms with van der Waals surface area (Å²) in [6, 6.07) is 6.67. The van der Waals surface area contributed by atoms with E-state index in [0.717, 1.165) is 31.4 Å². The van der Waals surface area contributed by atoms with Crippen LogP contribution in [0.15, 0.2) is 24.3 Å². The number of hydrogen-bond acceptors (Lipinski definition) is 3. The van der Waals surface area contributed by atoms with Crippen LogP contribution in [0.25, 0.3) is 0 Å². The van der Waals surface area contributed by atoms with Crippen molar-refractivity contribution in [3.63, 3.8) is 0 Å². The van der Waals surface area contributed by atoms with Gasteiger partial charge in [-0.1, -0.05) is 12.1 Å². The Morgan fingerprint density at radius 1 is 1.19 bits per heavy atom. The van der Waals surface area contributed by atoms with Gasteiger partial charge in [0.2, 0.25) is 5.91 Å². The molecule has 1 aromatic carbocycles. The zero-order valence-corrected chi connectivity index (χ0v) is 15.2. The lowest BCUT2D eigenvalue weighted by atomic mass is 9.90. The molecule has 0 radical (unpaired) electrons. The van der Waals surface area contributed by atoms with Gasteiger partial charge in [0.25, 0.3) is 0 Å². The fourth-order valence-corrected chi connectivity index (χ4v) is 4.14. The van der Waals surface area contributed by atoms with Crippen LogP contribution in [0.3, 0.4) is 0 Å². The summed E-state index contributed by atoms with van der Waals surface area (Å²) in [6.07, 6.45) is 3.13. The molecule has 26 heavy (non-hydrogen) atoms. The minimum atomic E-state index is -0.814. The molecule has 0 aromatic heterocycles. The van der Waals surface area contributed by atoms with Crippen LogP contribution in [0.5, 0.6) is 0 Å². The summed E-state index contributed by atoms with van der Waals surface area (Å²) in [7, 11) is 0. The number of nitrogens with zero attached hydrogens (tertiary/aromatic N) is 2. The molecule has 0 spiro atoms. The van der Waals surface area contributed by atoms with Crippen LogP contribution in [0.4, 0.5) is 4.39 Å². The summed E-state index contributed by atoms with van der Waals surface area (Å²) in [4.78, 5) is 28.3. The summed E-state index contributed by atoms with van der Waals surface area (Å²) in [6.45, 7) is 4.50. The predicted molar refractivity (Wildman–Crippen MR) is 95.9 cm³/mol. The third-order valence-corrected chi connectivity index (χ3v) is 5.66.